The van der Waals surface area contributed by atoms with Crippen LogP contribution in [0, 0.1) is 0 Å². The molecule has 0 amide bonds. The number of ether oxygens (including phenoxy) is 2. The molecule has 3 aromatic carbocycles. The van der Waals surface area contributed by atoms with Crippen molar-refractivity contribution in [2.45, 2.75) is 22.3 Å². The molecule has 1 aliphatic rings. The number of alkyl halides is 3. The molecular weight excluding hydrogens is 463 g/mol. The van der Waals surface area contributed by atoms with E-state index in [1.54, 1.807) is 42.5 Å². The first-order valence-electron chi connectivity index (χ1n) is 9.37. The van der Waals surface area contributed by atoms with E-state index in [0.29, 0.717) is 39.3 Å². The number of nitrogens with two attached hydrogens (primary N) is 1. The second-order valence-electron chi connectivity index (χ2n) is 7.18. The lowest BCUT2D eigenvalue weighted by atomic mass is 9.88. The van der Waals surface area contributed by atoms with Gasteiger partial charge in [-0.15, -0.1) is 0 Å². The fourth-order valence-electron chi connectivity index (χ4n) is 3.71. The zero-order valence-electron chi connectivity index (χ0n) is 16.7. The summed E-state index contributed by atoms with van der Waals surface area (Å²) in [6.07, 6.45) is -0.681. The molecule has 0 aliphatic carbocycles. The van der Waals surface area contributed by atoms with Crippen molar-refractivity contribution in [3.05, 3.63) is 77.4 Å². The minimum absolute atomic E-state index is 0.000427. The van der Waals surface area contributed by atoms with Gasteiger partial charge in [0.25, 0.3) is 0 Å². The molecular formula is C22H18F3NO4S2. The summed E-state index contributed by atoms with van der Waals surface area (Å²) in [5.74, 6) is 0.482. The highest BCUT2D eigenvalue weighted by Crippen LogP contribution is 2.51. The summed E-state index contributed by atoms with van der Waals surface area (Å²) >= 11 is -0.220. The standard InChI is InChI=1S/C22H18F3NO4S2/c1-29-15-5-2-4-14(11-15)21-17-10-13(12-32(26,27)28)8-9-16(17)20-18(30-21)6-3-7-19(20)31-22(23,24)25/h2-11,21H,12H2,1H3,(H2,26,27,28). The Hall–Kier alpha value is -2.69. The quantitative estimate of drug-likeness (QED) is 0.504. The smallest absolute Gasteiger partial charge is 0.446 e. The number of fused-ring (bicyclic) bond motifs is 3. The molecule has 10 heteroatoms. The first-order chi connectivity index (χ1) is 15.0. The Morgan fingerprint density at radius 2 is 1.84 bits per heavy atom. The normalized spacial score (nSPS) is 15.5. The van der Waals surface area contributed by atoms with Crippen molar-refractivity contribution in [3.63, 3.8) is 0 Å². The summed E-state index contributed by atoms with van der Waals surface area (Å²) in [4.78, 5) is -0.000427. The van der Waals surface area contributed by atoms with Gasteiger partial charge in [-0.25, -0.2) is 13.6 Å². The monoisotopic (exact) mass is 481 g/mol. The average molecular weight is 482 g/mol. The number of hydrogen-bond donors (Lipinski definition) is 1. The third-order valence-corrected chi connectivity index (χ3v) is 6.42. The summed E-state index contributed by atoms with van der Waals surface area (Å²) in [7, 11) is -2.28. The van der Waals surface area contributed by atoms with Crippen LogP contribution >= 0.6 is 11.8 Å². The molecule has 0 spiro atoms. The van der Waals surface area contributed by atoms with Crippen LogP contribution in [0.25, 0.3) is 11.1 Å². The van der Waals surface area contributed by atoms with E-state index >= 15 is 0 Å². The van der Waals surface area contributed by atoms with Crippen LogP contribution in [0.3, 0.4) is 0 Å². The van der Waals surface area contributed by atoms with Gasteiger partial charge in [0.1, 0.15) is 17.6 Å². The molecule has 0 fully saturated rings. The molecule has 168 valence electrons. The lowest BCUT2D eigenvalue weighted by molar-refractivity contribution is -0.0328. The maximum absolute atomic E-state index is 13.2. The van der Waals surface area contributed by atoms with Gasteiger partial charge < -0.3 is 9.47 Å². The summed E-state index contributed by atoms with van der Waals surface area (Å²) in [6.45, 7) is 0. The fourth-order valence-corrected chi connectivity index (χ4v) is 5.06. The van der Waals surface area contributed by atoms with Gasteiger partial charge in [0.2, 0.25) is 10.0 Å². The van der Waals surface area contributed by atoms with Crippen LogP contribution in [0.5, 0.6) is 11.5 Å². The molecule has 1 atom stereocenters. The number of hydrogen-bond acceptors (Lipinski definition) is 5. The number of benzene rings is 3. The molecule has 3 aromatic rings. The van der Waals surface area contributed by atoms with E-state index in [1.165, 1.54) is 19.2 Å². The zero-order valence-corrected chi connectivity index (χ0v) is 18.4. The number of methoxy groups -OCH3 is 1. The largest absolute Gasteiger partial charge is 0.497 e. The van der Waals surface area contributed by atoms with Crippen LogP contribution in [-0.2, 0) is 15.8 Å². The Labute approximate surface area is 187 Å². The molecule has 0 saturated carbocycles. The number of primary sulfonamides is 1. The maximum atomic E-state index is 13.2. The summed E-state index contributed by atoms with van der Waals surface area (Å²) in [6, 6.07) is 16.4. The van der Waals surface area contributed by atoms with Gasteiger partial charge in [0.15, 0.2) is 0 Å². The molecule has 0 aromatic heterocycles. The Bertz CT molecular complexity index is 1280. The number of sulfonamides is 1. The molecule has 1 heterocycles. The van der Waals surface area contributed by atoms with Gasteiger partial charge in [-0.1, -0.05) is 36.4 Å². The first kappa shape index (κ1) is 22.5. The van der Waals surface area contributed by atoms with Crippen LogP contribution in [0.4, 0.5) is 13.2 Å². The summed E-state index contributed by atoms with van der Waals surface area (Å²) in [5, 5.41) is 5.19. The third kappa shape index (κ3) is 4.87. The minimum atomic E-state index is -4.48. The van der Waals surface area contributed by atoms with Crippen molar-refractivity contribution in [2.24, 2.45) is 5.14 Å². The average Bonchev–Trinajstić information content (AvgIpc) is 2.71. The maximum Gasteiger partial charge on any atom is 0.446 e. The van der Waals surface area contributed by atoms with Crippen molar-refractivity contribution in [1.29, 1.82) is 0 Å². The fraction of sp³-hybridized carbons (Fsp3) is 0.182. The van der Waals surface area contributed by atoms with E-state index < -0.39 is 27.4 Å². The Morgan fingerprint density at radius 1 is 1.09 bits per heavy atom. The van der Waals surface area contributed by atoms with E-state index in [-0.39, 0.29) is 16.7 Å². The van der Waals surface area contributed by atoms with E-state index in [9.17, 15) is 21.6 Å². The van der Waals surface area contributed by atoms with E-state index in [1.807, 2.05) is 6.07 Å². The molecule has 0 bridgehead atoms. The highest BCUT2D eigenvalue weighted by Gasteiger charge is 2.35. The van der Waals surface area contributed by atoms with Crippen molar-refractivity contribution >= 4 is 21.8 Å². The van der Waals surface area contributed by atoms with Gasteiger partial charge in [-0.2, -0.15) is 13.2 Å². The zero-order chi connectivity index (χ0) is 23.1. The molecule has 32 heavy (non-hydrogen) atoms. The number of rotatable bonds is 5. The molecule has 5 nitrogen and oxygen atoms in total. The van der Waals surface area contributed by atoms with Crippen molar-refractivity contribution in [1.82, 2.24) is 0 Å². The highest BCUT2D eigenvalue weighted by atomic mass is 32.2. The SMILES string of the molecule is COc1cccc(C2Oc3cccc(SC(F)(F)F)c3-c3ccc(CS(N)(=O)=O)cc32)c1. The molecule has 1 aliphatic heterocycles. The highest BCUT2D eigenvalue weighted by molar-refractivity contribution is 8.00. The summed E-state index contributed by atoms with van der Waals surface area (Å²) in [5.41, 5.74) is -1.98. The Balaban J connectivity index is 1.91. The number of halogens is 3. The second-order valence-corrected chi connectivity index (χ2v) is 9.90. The molecule has 1 unspecified atom stereocenters. The lowest BCUT2D eigenvalue weighted by Crippen LogP contribution is -2.18. The lowest BCUT2D eigenvalue weighted by Gasteiger charge is -2.31. The molecule has 0 saturated heterocycles. The first-order valence-corrected chi connectivity index (χ1v) is 11.9. The van der Waals surface area contributed by atoms with Gasteiger partial charge in [-0.3, -0.25) is 0 Å². The van der Waals surface area contributed by atoms with Gasteiger partial charge in [0, 0.05) is 21.6 Å². The third-order valence-electron chi connectivity index (χ3n) is 4.89. The topological polar surface area (TPSA) is 78.6 Å². The predicted octanol–water partition coefficient (Wildman–Crippen LogP) is 5.24. The van der Waals surface area contributed by atoms with Crippen LogP contribution in [0.1, 0.15) is 22.8 Å². The van der Waals surface area contributed by atoms with Crippen LogP contribution in [-0.4, -0.2) is 21.0 Å². The van der Waals surface area contributed by atoms with E-state index in [0.717, 1.165) is 0 Å². The molecule has 4 rings (SSSR count). The summed E-state index contributed by atoms with van der Waals surface area (Å²) < 4.78 is 74.3. The van der Waals surface area contributed by atoms with Crippen LogP contribution < -0.4 is 14.6 Å². The number of thioether (sulfide) groups is 1. The van der Waals surface area contributed by atoms with Gasteiger partial charge in [0.05, 0.1) is 12.9 Å². The Morgan fingerprint density at radius 3 is 2.53 bits per heavy atom. The van der Waals surface area contributed by atoms with Crippen molar-refractivity contribution < 1.29 is 31.1 Å². The molecule has 2 N–H and O–H groups in total. The van der Waals surface area contributed by atoms with E-state index in [4.69, 9.17) is 14.6 Å². The van der Waals surface area contributed by atoms with Crippen molar-refractivity contribution in [2.75, 3.05) is 7.11 Å². The molecule has 0 radical (unpaired) electrons. The van der Waals surface area contributed by atoms with Crippen LogP contribution in [0.2, 0.25) is 0 Å². The second kappa shape index (κ2) is 8.34. The van der Waals surface area contributed by atoms with Crippen molar-refractivity contribution in [3.8, 4) is 22.6 Å². The Kier molecular flexibility index (Phi) is 5.87. The minimum Gasteiger partial charge on any atom is -0.497 e. The van der Waals surface area contributed by atoms with Crippen LogP contribution in [0.15, 0.2) is 65.6 Å². The van der Waals surface area contributed by atoms with E-state index in [2.05, 4.69) is 0 Å². The predicted molar refractivity (Wildman–Crippen MR) is 116 cm³/mol. The van der Waals surface area contributed by atoms with Gasteiger partial charge >= 0.3 is 5.51 Å². The van der Waals surface area contributed by atoms with Gasteiger partial charge in [-0.05, 0) is 47.2 Å².